The predicted octanol–water partition coefficient (Wildman–Crippen LogP) is 3.92. The van der Waals surface area contributed by atoms with E-state index in [1.54, 1.807) is 0 Å². The molecule has 1 N–H and O–H groups in total. The first-order valence-corrected chi connectivity index (χ1v) is 8.45. The van der Waals surface area contributed by atoms with E-state index >= 15 is 0 Å². The summed E-state index contributed by atoms with van der Waals surface area (Å²) in [7, 11) is 1.06. The van der Waals surface area contributed by atoms with Gasteiger partial charge in [0.1, 0.15) is 18.2 Å². The molecule has 0 amide bonds. The maximum absolute atomic E-state index is 12.3. The van der Waals surface area contributed by atoms with Crippen LogP contribution in [-0.4, -0.2) is 29.2 Å². The van der Waals surface area contributed by atoms with Gasteiger partial charge in [0.05, 0.1) is 12.7 Å². The van der Waals surface area contributed by atoms with E-state index in [0.717, 1.165) is 37.7 Å². The van der Waals surface area contributed by atoms with Crippen molar-refractivity contribution in [2.24, 2.45) is 23.2 Å². The molecule has 134 valence electrons. The Labute approximate surface area is 153 Å². The van der Waals surface area contributed by atoms with Crippen molar-refractivity contribution in [1.29, 1.82) is 0 Å². The summed E-state index contributed by atoms with van der Waals surface area (Å²) in [5.74, 6) is 2.81. The molecule has 8 heteroatoms. The molecule has 6 unspecified atom stereocenters. The van der Waals surface area contributed by atoms with Crippen LogP contribution in [0.5, 0.6) is 0 Å². The van der Waals surface area contributed by atoms with Gasteiger partial charge in [0.25, 0.3) is 0 Å². The Morgan fingerprint density at radius 2 is 2.00 bits per heavy atom. The van der Waals surface area contributed by atoms with Crippen molar-refractivity contribution in [1.82, 2.24) is 0 Å². The normalized spacial score (nSPS) is 43.3. The summed E-state index contributed by atoms with van der Waals surface area (Å²) in [5.41, 5.74) is 0.348. The second-order valence-corrected chi connectivity index (χ2v) is 7.90. The molecular formula is C15H22F3O3SW-. The van der Waals surface area contributed by atoms with Gasteiger partial charge in [-0.3, -0.25) is 0 Å². The quantitative estimate of drug-likeness (QED) is 0.257. The summed E-state index contributed by atoms with van der Waals surface area (Å²) in [4.78, 5) is 3.87. The van der Waals surface area contributed by atoms with E-state index in [1.165, 1.54) is 19.3 Å². The fourth-order valence-electron chi connectivity index (χ4n) is 5.43. The van der Waals surface area contributed by atoms with Gasteiger partial charge in [-0.15, -0.1) is 6.42 Å². The van der Waals surface area contributed by atoms with E-state index in [0.29, 0.717) is 5.41 Å². The molecule has 0 heterocycles. The third kappa shape index (κ3) is 2.92. The first-order chi connectivity index (χ1) is 10.3. The molecule has 4 saturated carbocycles. The van der Waals surface area contributed by atoms with E-state index in [9.17, 15) is 18.3 Å². The largest absolute Gasteiger partial charge is 0.389 e. The number of rotatable bonds is 5. The van der Waals surface area contributed by atoms with Crippen LogP contribution in [0.2, 0.25) is 0 Å². The standard InChI is InChI=1S/C10H14O.C5H8F3O2S.W/c11-9-3-6-1-7-2-8(5-9)10(7,9)4-6;1-3-4(6)5(7,8)11-10-9-2;/h6-8,11H,1-5H2;4H,1,3H2,2H3;/q;-1;. The summed E-state index contributed by atoms with van der Waals surface area (Å²) in [6.07, 6.45) is 3.78. The molecule has 0 aromatic heterocycles. The number of aliphatic hydroxyl groups is 1. The van der Waals surface area contributed by atoms with Gasteiger partial charge in [-0.25, -0.2) is 9.28 Å². The van der Waals surface area contributed by atoms with E-state index < -0.39 is 17.8 Å². The smallest absolute Gasteiger partial charge is 0.348 e. The Bertz CT molecular complexity index is 444. The van der Waals surface area contributed by atoms with Crippen molar-refractivity contribution >= 4 is 12.0 Å². The molecule has 2 bridgehead atoms. The van der Waals surface area contributed by atoms with Gasteiger partial charge >= 0.3 is 5.25 Å². The maximum Gasteiger partial charge on any atom is 0.348 e. The van der Waals surface area contributed by atoms with Gasteiger partial charge in [0.2, 0.25) is 0 Å². The van der Waals surface area contributed by atoms with Gasteiger partial charge < -0.3 is 12.0 Å². The monoisotopic (exact) mass is 523 g/mol. The van der Waals surface area contributed by atoms with Gasteiger partial charge in [-0.05, 0) is 49.9 Å². The van der Waals surface area contributed by atoms with Crippen molar-refractivity contribution < 1.29 is 48.6 Å². The zero-order valence-electron chi connectivity index (χ0n) is 13.0. The summed E-state index contributed by atoms with van der Waals surface area (Å²) in [6, 6.07) is 0. The van der Waals surface area contributed by atoms with Gasteiger partial charge in [0, 0.05) is 26.5 Å². The molecule has 4 fully saturated rings. The molecule has 6 atom stereocenters. The van der Waals surface area contributed by atoms with Crippen LogP contribution in [0.15, 0.2) is 0 Å². The van der Waals surface area contributed by atoms with Crippen LogP contribution in [0.1, 0.15) is 38.5 Å². The van der Waals surface area contributed by atoms with Crippen LogP contribution < -0.4 is 0 Å². The minimum absolute atomic E-state index is 0. The second-order valence-electron chi connectivity index (χ2n) is 7.05. The Hall–Kier alpha value is 0.708. The Morgan fingerprint density at radius 3 is 2.43 bits per heavy atom. The molecule has 0 aromatic carbocycles. The van der Waals surface area contributed by atoms with Gasteiger partial charge in [0.15, 0.2) is 0 Å². The molecule has 0 saturated heterocycles. The second kappa shape index (κ2) is 6.79. The summed E-state index contributed by atoms with van der Waals surface area (Å²) in [6.45, 7) is 3.00. The van der Waals surface area contributed by atoms with Crippen molar-refractivity contribution in [3.05, 3.63) is 6.92 Å². The molecular weight excluding hydrogens is 501 g/mol. The van der Waals surface area contributed by atoms with Gasteiger partial charge in [-0.2, -0.15) is 13.1 Å². The minimum atomic E-state index is -3.60. The van der Waals surface area contributed by atoms with Crippen molar-refractivity contribution in [2.45, 2.75) is 55.6 Å². The minimum Gasteiger partial charge on any atom is -0.389 e. The average molecular weight is 523 g/mol. The number of alkyl halides is 3. The molecule has 0 radical (unpaired) electrons. The predicted molar refractivity (Wildman–Crippen MR) is 76.4 cm³/mol. The van der Waals surface area contributed by atoms with E-state index in [4.69, 9.17) is 0 Å². The summed E-state index contributed by atoms with van der Waals surface area (Å²) >= 11 is -0.359. The number of hydrogen-bond acceptors (Lipinski definition) is 4. The zero-order chi connectivity index (χ0) is 16.2. The Morgan fingerprint density at radius 1 is 1.30 bits per heavy atom. The summed E-state index contributed by atoms with van der Waals surface area (Å²) in [5, 5.41) is 6.63. The van der Waals surface area contributed by atoms with Crippen molar-refractivity contribution in [3.8, 4) is 0 Å². The SMILES string of the molecule is OC12CC3CC4CC(C1)C42C3.[CH2-]CC(F)C(F)(F)SOOC.[W]. The molecule has 0 aliphatic heterocycles. The van der Waals surface area contributed by atoms with Crippen LogP contribution in [0.3, 0.4) is 0 Å². The van der Waals surface area contributed by atoms with Crippen LogP contribution in [0.25, 0.3) is 0 Å². The number of halogens is 3. The molecule has 4 aliphatic carbocycles. The number of fused-ring (bicyclic) bond motifs is 1. The molecule has 1 spiro atoms. The van der Waals surface area contributed by atoms with Crippen LogP contribution in [0.4, 0.5) is 13.2 Å². The van der Waals surface area contributed by atoms with E-state index in [1.807, 2.05) is 0 Å². The van der Waals surface area contributed by atoms with Crippen LogP contribution >= 0.6 is 12.0 Å². The van der Waals surface area contributed by atoms with Crippen LogP contribution in [-0.2, 0) is 30.3 Å². The summed E-state index contributed by atoms with van der Waals surface area (Å²) < 4.78 is 40.8. The molecule has 3 nitrogen and oxygen atoms in total. The van der Waals surface area contributed by atoms with Crippen molar-refractivity contribution in [3.63, 3.8) is 0 Å². The third-order valence-electron chi connectivity index (χ3n) is 6.18. The molecule has 4 aliphatic rings. The van der Waals surface area contributed by atoms with E-state index in [2.05, 4.69) is 16.1 Å². The fraction of sp³-hybridized carbons (Fsp3) is 0.933. The van der Waals surface area contributed by atoms with Crippen LogP contribution in [0, 0.1) is 30.1 Å². The first kappa shape index (κ1) is 20.0. The Kier molecular flexibility index (Phi) is 5.91. The van der Waals surface area contributed by atoms with Crippen molar-refractivity contribution in [2.75, 3.05) is 7.11 Å². The molecule has 4 rings (SSSR count). The average Bonchev–Trinajstić information content (AvgIpc) is 2.92. The Balaban J connectivity index is 0.000000160. The zero-order valence-corrected chi connectivity index (χ0v) is 16.7. The van der Waals surface area contributed by atoms with E-state index in [-0.39, 0.29) is 38.7 Å². The molecule has 23 heavy (non-hydrogen) atoms. The fourth-order valence-corrected chi connectivity index (χ4v) is 5.81. The number of hydrogen-bond donors (Lipinski definition) is 1. The third-order valence-corrected chi connectivity index (χ3v) is 6.86. The first-order valence-electron chi connectivity index (χ1n) is 7.71. The van der Waals surface area contributed by atoms with Gasteiger partial charge in [-0.1, -0.05) is 0 Å². The topological polar surface area (TPSA) is 38.7 Å². The molecule has 0 aromatic rings. The maximum atomic E-state index is 12.3.